The standard InChI is InChI=1S/C15H23F2N/c1-10(2)8-18-9-11(3)7-13-14(16)6-5-12(4)15(13)17/h5-6,10-11,18H,7-9H2,1-4H3. The summed E-state index contributed by atoms with van der Waals surface area (Å²) in [5.41, 5.74) is 0.725. The number of rotatable bonds is 6. The van der Waals surface area contributed by atoms with Crippen LogP contribution in [0, 0.1) is 30.4 Å². The summed E-state index contributed by atoms with van der Waals surface area (Å²) >= 11 is 0. The third-order valence-corrected chi connectivity index (χ3v) is 2.98. The molecule has 0 amide bonds. The van der Waals surface area contributed by atoms with Crippen LogP contribution in [0.4, 0.5) is 8.78 Å². The predicted octanol–water partition coefficient (Wildman–Crippen LogP) is 3.70. The van der Waals surface area contributed by atoms with E-state index in [0.717, 1.165) is 13.1 Å². The molecule has 0 fully saturated rings. The molecule has 0 spiro atoms. The van der Waals surface area contributed by atoms with Crippen LogP contribution in [0.15, 0.2) is 12.1 Å². The average molecular weight is 255 g/mol. The van der Waals surface area contributed by atoms with Crippen LogP contribution in [0.1, 0.15) is 31.9 Å². The second-order valence-electron chi connectivity index (χ2n) is 5.52. The van der Waals surface area contributed by atoms with Gasteiger partial charge in [0.25, 0.3) is 0 Å². The van der Waals surface area contributed by atoms with E-state index in [1.54, 1.807) is 6.92 Å². The van der Waals surface area contributed by atoms with E-state index in [2.05, 4.69) is 19.2 Å². The van der Waals surface area contributed by atoms with Crippen LogP contribution in [-0.4, -0.2) is 13.1 Å². The Kier molecular flexibility index (Phi) is 5.73. The molecule has 1 nitrogen and oxygen atoms in total. The molecule has 3 heteroatoms. The van der Waals surface area contributed by atoms with Gasteiger partial charge in [-0.3, -0.25) is 0 Å². The number of halogens is 2. The molecule has 0 aliphatic heterocycles. The highest BCUT2D eigenvalue weighted by molar-refractivity contribution is 5.26. The zero-order chi connectivity index (χ0) is 13.7. The summed E-state index contributed by atoms with van der Waals surface area (Å²) < 4.78 is 27.4. The van der Waals surface area contributed by atoms with Gasteiger partial charge >= 0.3 is 0 Å². The van der Waals surface area contributed by atoms with Crippen LogP contribution in [-0.2, 0) is 6.42 Å². The van der Waals surface area contributed by atoms with Gasteiger partial charge in [-0.25, -0.2) is 8.78 Å². The quantitative estimate of drug-likeness (QED) is 0.817. The van der Waals surface area contributed by atoms with Crippen molar-refractivity contribution in [2.75, 3.05) is 13.1 Å². The van der Waals surface area contributed by atoms with Crippen LogP contribution in [0.2, 0.25) is 0 Å². The van der Waals surface area contributed by atoms with Crippen molar-refractivity contribution in [2.24, 2.45) is 11.8 Å². The van der Waals surface area contributed by atoms with Gasteiger partial charge in [0, 0.05) is 5.56 Å². The fourth-order valence-corrected chi connectivity index (χ4v) is 1.94. The highest BCUT2D eigenvalue weighted by Gasteiger charge is 2.14. The average Bonchev–Trinajstić information content (AvgIpc) is 2.29. The number of hydrogen-bond acceptors (Lipinski definition) is 1. The first kappa shape index (κ1) is 15.1. The molecule has 1 N–H and O–H groups in total. The van der Waals surface area contributed by atoms with Gasteiger partial charge in [0.15, 0.2) is 0 Å². The molecule has 1 aromatic rings. The van der Waals surface area contributed by atoms with Crippen LogP contribution < -0.4 is 5.32 Å². The molecule has 1 unspecified atom stereocenters. The summed E-state index contributed by atoms with van der Waals surface area (Å²) in [4.78, 5) is 0. The van der Waals surface area contributed by atoms with Crippen LogP contribution >= 0.6 is 0 Å². The molecule has 0 heterocycles. The smallest absolute Gasteiger partial charge is 0.132 e. The third-order valence-electron chi connectivity index (χ3n) is 2.98. The molecule has 0 saturated carbocycles. The van der Waals surface area contributed by atoms with E-state index >= 15 is 0 Å². The second kappa shape index (κ2) is 6.83. The lowest BCUT2D eigenvalue weighted by atomic mass is 9.98. The topological polar surface area (TPSA) is 12.0 Å². The van der Waals surface area contributed by atoms with Gasteiger partial charge in [0.05, 0.1) is 0 Å². The van der Waals surface area contributed by atoms with Gasteiger partial charge in [-0.1, -0.05) is 26.8 Å². The Morgan fingerprint density at radius 2 is 1.78 bits per heavy atom. The Labute approximate surface area is 109 Å². The van der Waals surface area contributed by atoms with Crippen LogP contribution in [0.5, 0.6) is 0 Å². The van der Waals surface area contributed by atoms with Gasteiger partial charge in [-0.05, 0) is 49.9 Å². The first-order valence-corrected chi connectivity index (χ1v) is 6.56. The normalized spacial score (nSPS) is 13.1. The van der Waals surface area contributed by atoms with Crippen molar-refractivity contribution in [1.29, 1.82) is 0 Å². The van der Waals surface area contributed by atoms with Crippen LogP contribution in [0.25, 0.3) is 0 Å². The molecule has 1 atom stereocenters. The van der Waals surface area contributed by atoms with E-state index in [4.69, 9.17) is 0 Å². The maximum atomic E-state index is 13.8. The summed E-state index contributed by atoms with van der Waals surface area (Å²) in [5.74, 6) is -0.0290. The van der Waals surface area contributed by atoms with Crippen molar-refractivity contribution < 1.29 is 8.78 Å². The minimum Gasteiger partial charge on any atom is -0.316 e. The van der Waals surface area contributed by atoms with E-state index in [1.807, 2.05) is 6.92 Å². The zero-order valence-corrected chi connectivity index (χ0v) is 11.7. The molecule has 1 rings (SSSR count). The third kappa shape index (κ3) is 4.37. The van der Waals surface area contributed by atoms with Gasteiger partial charge < -0.3 is 5.32 Å². The van der Waals surface area contributed by atoms with Crippen LogP contribution in [0.3, 0.4) is 0 Å². The van der Waals surface area contributed by atoms with Gasteiger partial charge in [-0.15, -0.1) is 0 Å². The maximum Gasteiger partial charge on any atom is 0.132 e. The highest BCUT2D eigenvalue weighted by Crippen LogP contribution is 2.19. The Morgan fingerprint density at radius 3 is 2.39 bits per heavy atom. The van der Waals surface area contributed by atoms with E-state index in [-0.39, 0.29) is 11.5 Å². The van der Waals surface area contributed by atoms with Crippen molar-refractivity contribution >= 4 is 0 Å². The van der Waals surface area contributed by atoms with Gasteiger partial charge in [0.2, 0.25) is 0 Å². The Bertz CT molecular complexity index is 388. The van der Waals surface area contributed by atoms with Crippen molar-refractivity contribution in [3.05, 3.63) is 34.9 Å². The van der Waals surface area contributed by atoms with Gasteiger partial charge in [-0.2, -0.15) is 0 Å². The lowest BCUT2D eigenvalue weighted by Gasteiger charge is -2.15. The predicted molar refractivity (Wildman–Crippen MR) is 71.7 cm³/mol. The van der Waals surface area contributed by atoms with Crippen molar-refractivity contribution in [3.8, 4) is 0 Å². The summed E-state index contributed by atoms with van der Waals surface area (Å²) in [6.45, 7) is 9.66. The van der Waals surface area contributed by atoms with E-state index < -0.39 is 11.6 Å². The van der Waals surface area contributed by atoms with Crippen molar-refractivity contribution in [1.82, 2.24) is 5.32 Å². The lowest BCUT2D eigenvalue weighted by molar-refractivity contribution is 0.454. The molecular formula is C15H23F2N. The summed E-state index contributed by atoms with van der Waals surface area (Å²) in [5, 5.41) is 3.31. The number of hydrogen-bond donors (Lipinski definition) is 1. The molecule has 1 aromatic carbocycles. The van der Waals surface area contributed by atoms with Crippen molar-refractivity contribution in [2.45, 2.75) is 34.1 Å². The molecule has 0 aliphatic rings. The summed E-state index contributed by atoms with van der Waals surface area (Å²) in [6, 6.07) is 2.83. The Hall–Kier alpha value is -0.960. The van der Waals surface area contributed by atoms with Gasteiger partial charge in [0.1, 0.15) is 11.6 Å². The summed E-state index contributed by atoms with van der Waals surface area (Å²) in [7, 11) is 0. The fraction of sp³-hybridized carbons (Fsp3) is 0.600. The minimum absolute atomic E-state index is 0.217. The Balaban J connectivity index is 2.59. The molecule has 18 heavy (non-hydrogen) atoms. The first-order chi connectivity index (χ1) is 8.41. The summed E-state index contributed by atoms with van der Waals surface area (Å²) in [6.07, 6.45) is 0.435. The highest BCUT2D eigenvalue weighted by atomic mass is 19.1. The zero-order valence-electron chi connectivity index (χ0n) is 11.7. The molecular weight excluding hydrogens is 232 g/mol. The minimum atomic E-state index is -0.436. The number of nitrogens with one attached hydrogen (secondary N) is 1. The first-order valence-electron chi connectivity index (χ1n) is 6.56. The van der Waals surface area contributed by atoms with Crippen molar-refractivity contribution in [3.63, 3.8) is 0 Å². The van der Waals surface area contributed by atoms with E-state index in [9.17, 15) is 8.78 Å². The maximum absolute atomic E-state index is 13.8. The van der Waals surface area contributed by atoms with E-state index in [0.29, 0.717) is 17.9 Å². The molecule has 0 saturated heterocycles. The number of aryl methyl sites for hydroxylation is 1. The molecule has 102 valence electrons. The molecule has 0 aromatic heterocycles. The Morgan fingerprint density at radius 1 is 1.11 bits per heavy atom. The number of benzene rings is 1. The molecule has 0 bridgehead atoms. The monoisotopic (exact) mass is 255 g/mol. The van der Waals surface area contributed by atoms with E-state index in [1.165, 1.54) is 12.1 Å². The SMILES string of the molecule is Cc1ccc(F)c(CC(C)CNCC(C)C)c1F. The fourth-order valence-electron chi connectivity index (χ4n) is 1.94. The second-order valence-corrected chi connectivity index (χ2v) is 5.52. The molecule has 0 aliphatic carbocycles. The molecule has 0 radical (unpaired) electrons. The largest absolute Gasteiger partial charge is 0.316 e. The lowest BCUT2D eigenvalue weighted by Crippen LogP contribution is -2.26.